The summed E-state index contributed by atoms with van der Waals surface area (Å²) >= 11 is 0. The number of aryl methyl sites for hydroxylation is 1. The molecule has 2 rings (SSSR count). The van der Waals surface area contributed by atoms with E-state index in [2.05, 4.69) is 31.2 Å². The van der Waals surface area contributed by atoms with Gasteiger partial charge in [-0.1, -0.05) is 29.8 Å². The molecule has 0 saturated carbocycles. The van der Waals surface area contributed by atoms with Crippen LogP contribution in [-0.4, -0.2) is 19.3 Å². The molecule has 1 aromatic carbocycles. The first-order chi connectivity index (χ1) is 7.29. The first-order valence-corrected chi connectivity index (χ1v) is 5.68. The molecule has 82 valence electrons. The summed E-state index contributed by atoms with van der Waals surface area (Å²) < 4.78 is 5.71. The van der Waals surface area contributed by atoms with Crippen LogP contribution in [0.25, 0.3) is 0 Å². The third-order valence-corrected chi connectivity index (χ3v) is 3.15. The van der Waals surface area contributed by atoms with Gasteiger partial charge < -0.3 is 10.5 Å². The fraction of sp³-hybridized carbons (Fsp3) is 0.538. The van der Waals surface area contributed by atoms with E-state index in [-0.39, 0.29) is 6.10 Å². The lowest BCUT2D eigenvalue weighted by molar-refractivity contribution is 0.00955. The molecule has 1 aliphatic heterocycles. The molecule has 2 atom stereocenters. The van der Waals surface area contributed by atoms with Crippen molar-refractivity contribution in [2.24, 2.45) is 5.73 Å². The molecule has 0 aliphatic carbocycles. The second-order valence-electron chi connectivity index (χ2n) is 4.38. The minimum atomic E-state index is 0.283. The Kier molecular flexibility index (Phi) is 3.39. The minimum absolute atomic E-state index is 0.283. The van der Waals surface area contributed by atoms with Crippen LogP contribution in [0.15, 0.2) is 24.3 Å². The lowest BCUT2D eigenvalue weighted by Gasteiger charge is -2.28. The first-order valence-electron chi connectivity index (χ1n) is 5.68. The van der Waals surface area contributed by atoms with Gasteiger partial charge >= 0.3 is 0 Å². The van der Waals surface area contributed by atoms with Crippen LogP contribution in [0, 0.1) is 6.92 Å². The van der Waals surface area contributed by atoms with Crippen molar-refractivity contribution >= 4 is 0 Å². The molecule has 0 amide bonds. The zero-order valence-corrected chi connectivity index (χ0v) is 9.28. The van der Waals surface area contributed by atoms with Gasteiger partial charge in [-0.3, -0.25) is 0 Å². The number of benzene rings is 1. The SMILES string of the molecule is Cc1cccc([C@H]2CC[C@@H](CN)OC2)c1. The fourth-order valence-corrected chi connectivity index (χ4v) is 2.18. The summed E-state index contributed by atoms with van der Waals surface area (Å²) in [6.45, 7) is 3.61. The van der Waals surface area contributed by atoms with Gasteiger partial charge in [-0.15, -0.1) is 0 Å². The average molecular weight is 205 g/mol. The molecule has 15 heavy (non-hydrogen) atoms. The Bertz CT molecular complexity index is 316. The maximum Gasteiger partial charge on any atom is 0.0697 e. The predicted octanol–water partition coefficient (Wildman–Crippen LogP) is 2.22. The second kappa shape index (κ2) is 4.77. The number of hydrogen-bond acceptors (Lipinski definition) is 2. The maximum absolute atomic E-state index is 5.71. The van der Waals surface area contributed by atoms with Crippen LogP contribution in [0.3, 0.4) is 0 Å². The molecule has 0 radical (unpaired) electrons. The van der Waals surface area contributed by atoms with E-state index in [1.54, 1.807) is 0 Å². The average Bonchev–Trinajstić information content (AvgIpc) is 2.29. The van der Waals surface area contributed by atoms with Crippen LogP contribution in [0.2, 0.25) is 0 Å². The summed E-state index contributed by atoms with van der Waals surface area (Å²) in [7, 11) is 0. The van der Waals surface area contributed by atoms with Gasteiger partial charge in [-0.05, 0) is 25.3 Å². The minimum Gasteiger partial charge on any atom is -0.376 e. The van der Waals surface area contributed by atoms with E-state index in [4.69, 9.17) is 10.5 Å². The Morgan fingerprint density at radius 3 is 2.87 bits per heavy atom. The van der Waals surface area contributed by atoms with Crippen molar-refractivity contribution in [3.8, 4) is 0 Å². The second-order valence-corrected chi connectivity index (χ2v) is 4.38. The van der Waals surface area contributed by atoms with Crippen LogP contribution in [0.1, 0.15) is 29.9 Å². The van der Waals surface area contributed by atoms with E-state index in [1.807, 2.05) is 0 Å². The molecule has 0 aromatic heterocycles. The largest absolute Gasteiger partial charge is 0.376 e. The predicted molar refractivity (Wildman–Crippen MR) is 61.9 cm³/mol. The van der Waals surface area contributed by atoms with E-state index >= 15 is 0 Å². The normalized spacial score (nSPS) is 26.5. The van der Waals surface area contributed by atoms with E-state index in [0.717, 1.165) is 13.0 Å². The van der Waals surface area contributed by atoms with Crippen molar-refractivity contribution in [1.29, 1.82) is 0 Å². The molecule has 0 unspecified atom stereocenters. The van der Waals surface area contributed by atoms with E-state index in [9.17, 15) is 0 Å². The molecule has 1 heterocycles. The summed E-state index contributed by atoms with van der Waals surface area (Å²) in [4.78, 5) is 0. The molecule has 2 nitrogen and oxygen atoms in total. The van der Waals surface area contributed by atoms with Gasteiger partial charge in [-0.2, -0.15) is 0 Å². The van der Waals surface area contributed by atoms with Gasteiger partial charge in [-0.25, -0.2) is 0 Å². The first kappa shape index (κ1) is 10.7. The summed E-state index contributed by atoms with van der Waals surface area (Å²) in [5.74, 6) is 0.563. The third-order valence-electron chi connectivity index (χ3n) is 3.15. The standard InChI is InChI=1S/C13H19NO/c1-10-3-2-4-11(7-10)12-5-6-13(8-14)15-9-12/h2-4,7,12-13H,5-6,8-9,14H2,1H3/t12-,13-/m0/s1. The number of hydrogen-bond donors (Lipinski definition) is 1. The molecule has 1 fully saturated rings. The third kappa shape index (κ3) is 2.58. The van der Waals surface area contributed by atoms with Crippen molar-refractivity contribution in [1.82, 2.24) is 0 Å². The highest BCUT2D eigenvalue weighted by atomic mass is 16.5. The van der Waals surface area contributed by atoms with E-state index in [1.165, 1.54) is 17.5 Å². The Hall–Kier alpha value is -0.860. The summed E-state index contributed by atoms with van der Waals surface area (Å²) in [6.07, 6.45) is 2.58. The number of nitrogens with two attached hydrogens (primary N) is 1. The zero-order valence-electron chi connectivity index (χ0n) is 9.28. The molecular weight excluding hydrogens is 186 g/mol. The molecule has 1 aliphatic rings. The highest BCUT2D eigenvalue weighted by Gasteiger charge is 2.21. The zero-order chi connectivity index (χ0) is 10.7. The fourth-order valence-electron chi connectivity index (χ4n) is 2.18. The van der Waals surface area contributed by atoms with Crippen molar-refractivity contribution in [2.75, 3.05) is 13.2 Å². The lowest BCUT2D eigenvalue weighted by atomic mass is 9.90. The Labute approximate surface area is 91.4 Å². The van der Waals surface area contributed by atoms with Gasteiger partial charge in [0.15, 0.2) is 0 Å². The molecule has 1 saturated heterocycles. The molecule has 2 heteroatoms. The van der Waals surface area contributed by atoms with Crippen LogP contribution < -0.4 is 5.73 Å². The molecule has 2 N–H and O–H groups in total. The molecule has 0 bridgehead atoms. The molecule has 1 aromatic rings. The monoisotopic (exact) mass is 205 g/mol. The van der Waals surface area contributed by atoms with Crippen molar-refractivity contribution in [3.63, 3.8) is 0 Å². The van der Waals surface area contributed by atoms with Crippen LogP contribution in [0.5, 0.6) is 0 Å². The van der Waals surface area contributed by atoms with E-state index < -0.39 is 0 Å². The number of rotatable bonds is 2. The van der Waals surface area contributed by atoms with Gasteiger partial charge in [0.05, 0.1) is 12.7 Å². The summed E-state index contributed by atoms with van der Waals surface area (Å²) in [5, 5.41) is 0. The van der Waals surface area contributed by atoms with E-state index in [0.29, 0.717) is 12.5 Å². The van der Waals surface area contributed by atoms with Crippen LogP contribution >= 0.6 is 0 Å². The summed E-state index contributed by atoms with van der Waals surface area (Å²) in [6, 6.07) is 8.72. The number of ether oxygens (including phenoxy) is 1. The highest BCUT2D eigenvalue weighted by molar-refractivity contribution is 5.25. The Morgan fingerprint density at radius 2 is 2.27 bits per heavy atom. The molecular formula is C13H19NO. The van der Waals surface area contributed by atoms with Crippen molar-refractivity contribution < 1.29 is 4.74 Å². The Balaban J connectivity index is 2.01. The van der Waals surface area contributed by atoms with Crippen LogP contribution in [0.4, 0.5) is 0 Å². The quantitative estimate of drug-likeness (QED) is 0.803. The lowest BCUT2D eigenvalue weighted by Crippen LogP contribution is -2.30. The Morgan fingerprint density at radius 1 is 1.40 bits per heavy atom. The summed E-state index contributed by atoms with van der Waals surface area (Å²) in [5.41, 5.74) is 8.32. The van der Waals surface area contributed by atoms with Gasteiger partial charge in [0.1, 0.15) is 0 Å². The topological polar surface area (TPSA) is 35.2 Å². The van der Waals surface area contributed by atoms with Gasteiger partial charge in [0.2, 0.25) is 0 Å². The highest BCUT2D eigenvalue weighted by Crippen LogP contribution is 2.28. The molecule has 0 spiro atoms. The van der Waals surface area contributed by atoms with Gasteiger partial charge in [0, 0.05) is 12.5 Å². The van der Waals surface area contributed by atoms with Crippen molar-refractivity contribution in [2.45, 2.75) is 31.8 Å². The van der Waals surface area contributed by atoms with Gasteiger partial charge in [0.25, 0.3) is 0 Å². The smallest absolute Gasteiger partial charge is 0.0697 e. The van der Waals surface area contributed by atoms with Crippen molar-refractivity contribution in [3.05, 3.63) is 35.4 Å². The van der Waals surface area contributed by atoms with Crippen LogP contribution in [-0.2, 0) is 4.74 Å². The maximum atomic E-state index is 5.71.